The molecular formula is C26H24N2O3. The number of hydrogen-bond donors (Lipinski definition) is 1. The number of carbonyl (C=O) groups is 1. The van der Waals surface area contributed by atoms with Crippen molar-refractivity contribution in [1.82, 2.24) is 9.78 Å². The molecule has 1 atom stereocenters. The summed E-state index contributed by atoms with van der Waals surface area (Å²) in [5.74, 6) is -0.376. The first kappa shape index (κ1) is 20.4. The number of aryl methyl sites for hydroxylation is 1. The van der Waals surface area contributed by atoms with Gasteiger partial charge in [-0.15, -0.1) is 0 Å². The lowest BCUT2D eigenvalue weighted by molar-refractivity contribution is -0.145. The number of hydrogen-bond acceptors (Lipinski definition) is 3. The summed E-state index contributed by atoms with van der Waals surface area (Å²) in [6, 6.07) is 29.6. The Morgan fingerprint density at radius 1 is 0.839 bits per heavy atom. The summed E-state index contributed by atoms with van der Waals surface area (Å²) in [7, 11) is 0. The van der Waals surface area contributed by atoms with Crippen LogP contribution in [0, 0.1) is 0 Å². The third-order valence-electron chi connectivity index (χ3n) is 5.17. The van der Waals surface area contributed by atoms with Gasteiger partial charge in [0.15, 0.2) is 6.10 Å². The van der Waals surface area contributed by atoms with E-state index in [1.807, 2.05) is 67.0 Å². The molecule has 0 saturated heterocycles. The maximum Gasteiger partial charge on any atom is 0.344 e. The van der Waals surface area contributed by atoms with E-state index in [1.54, 1.807) is 16.8 Å². The van der Waals surface area contributed by atoms with Crippen LogP contribution >= 0.6 is 0 Å². The molecule has 0 bridgehead atoms. The molecule has 0 amide bonds. The molecule has 1 unspecified atom stereocenters. The lowest BCUT2D eigenvalue weighted by Crippen LogP contribution is -2.28. The van der Waals surface area contributed by atoms with Crippen molar-refractivity contribution in [2.45, 2.75) is 25.0 Å². The van der Waals surface area contributed by atoms with Crippen molar-refractivity contribution >= 4 is 5.97 Å². The largest absolute Gasteiger partial charge is 0.479 e. The molecule has 156 valence electrons. The highest BCUT2D eigenvalue weighted by Gasteiger charge is 2.21. The van der Waals surface area contributed by atoms with Crippen LogP contribution in [0.2, 0.25) is 0 Å². The fraction of sp³-hybridized carbons (Fsp3) is 0.154. The summed E-state index contributed by atoms with van der Waals surface area (Å²) in [5.41, 5.74) is 3.43. The number of ether oxygens (including phenoxy) is 1. The number of aliphatic carboxylic acids is 1. The van der Waals surface area contributed by atoms with Gasteiger partial charge in [-0.05, 0) is 23.3 Å². The number of carboxylic acid groups (broad SMARTS) is 1. The van der Waals surface area contributed by atoms with Gasteiger partial charge in [0.2, 0.25) is 0 Å². The van der Waals surface area contributed by atoms with Crippen LogP contribution in [0.4, 0.5) is 0 Å². The molecule has 1 heterocycles. The SMILES string of the molecule is O=C(O)C(CCn1cc(C(c2ccccc2)c2ccccc2)cn1)Oc1ccccc1. The second kappa shape index (κ2) is 9.76. The van der Waals surface area contributed by atoms with Gasteiger partial charge in [0.1, 0.15) is 5.75 Å². The third-order valence-corrected chi connectivity index (χ3v) is 5.17. The van der Waals surface area contributed by atoms with Crippen LogP contribution in [0.5, 0.6) is 5.75 Å². The average Bonchev–Trinajstić information content (AvgIpc) is 3.27. The standard InChI is InChI=1S/C26H24N2O3/c29-26(30)24(31-23-14-8-3-9-15-23)16-17-28-19-22(18-27-28)25(20-10-4-1-5-11-20)21-12-6-2-7-13-21/h1-15,18-19,24-25H,16-17H2,(H,29,30). The van der Waals surface area contributed by atoms with E-state index < -0.39 is 12.1 Å². The highest BCUT2D eigenvalue weighted by atomic mass is 16.5. The Balaban J connectivity index is 1.51. The second-order valence-electron chi connectivity index (χ2n) is 7.34. The monoisotopic (exact) mass is 412 g/mol. The van der Waals surface area contributed by atoms with E-state index in [9.17, 15) is 9.90 Å². The van der Waals surface area contributed by atoms with E-state index in [0.29, 0.717) is 18.7 Å². The lowest BCUT2D eigenvalue weighted by Gasteiger charge is -2.17. The summed E-state index contributed by atoms with van der Waals surface area (Å²) in [5, 5.41) is 14.0. The quantitative estimate of drug-likeness (QED) is 0.421. The van der Waals surface area contributed by atoms with E-state index in [-0.39, 0.29) is 5.92 Å². The molecule has 31 heavy (non-hydrogen) atoms. The number of benzene rings is 3. The van der Waals surface area contributed by atoms with Gasteiger partial charge < -0.3 is 9.84 Å². The van der Waals surface area contributed by atoms with E-state index in [0.717, 1.165) is 5.56 Å². The minimum atomic E-state index is -0.984. The Bertz CT molecular complexity index is 1060. The number of aromatic nitrogens is 2. The van der Waals surface area contributed by atoms with Crippen LogP contribution in [0.15, 0.2) is 103 Å². The van der Waals surface area contributed by atoms with Gasteiger partial charge in [-0.1, -0.05) is 78.9 Å². The molecule has 1 N–H and O–H groups in total. The average molecular weight is 412 g/mol. The number of rotatable bonds is 9. The Labute approximate surface area is 181 Å². The van der Waals surface area contributed by atoms with Gasteiger partial charge in [-0.3, -0.25) is 4.68 Å². The molecule has 5 heteroatoms. The Morgan fingerprint density at radius 3 is 1.94 bits per heavy atom. The first-order valence-electron chi connectivity index (χ1n) is 10.3. The first-order valence-corrected chi connectivity index (χ1v) is 10.3. The Morgan fingerprint density at radius 2 is 1.39 bits per heavy atom. The van der Waals surface area contributed by atoms with Crippen molar-refractivity contribution in [3.8, 4) is 5.75 Å². The number of para-hydroxylation sites is 1. The van der Waals surface area contributed by atoms with Crippen molar-refractivity contribution in [2.75, 3.05) is 0 Å². The molecule has 0 spiro atoms. The van der Waals surface area contributed by atoms with Crippen LogP contribution < -0.4 is 4.74 Å². The van der Waals surface area contributed by atoms with Crippen LogP contribution in [0.3, 0.4) is 0 Å². The number of carboxylic acids is 1. The number of nitrogens with zero attached hydrogens (tertiary/aromatic N) is 2. The van der Waals surface area contributed by atoms with Gasteiger partial charge in [0, 0.05) is 30.6 Å². The van der Waals surface area contributed by atoms with Gasteiger partial charge in [-0.2, -0.15) is 5.10 Å². The maximum absolute atomic E-state index is 11.7. The zero-order valence-corrected chi connectivity index (χ0v) is 17.0. The predicted octanol–water partition coefficient (Wildman–Crippen LogP) is 4.99. The van der Waals surface area contributed by atoms with Crippen molar-refractivity contribution in [1.29, 1.82) is 0 Å². The van der Waals surface area contributed by atoms with E-state index in [4.69, 9.17) is 4.74 Å². The van der Waals surface area contributed by atoms with Crippen LogP contribution in [-0.4, -0.2) is 27.0 Å². The van der Waals surface area contributed by atoms with Crippen molar-refractivity contribution in [2.24, 2.45) is 0 Å². The minimum absolute atomic E-state index is 0.0620. The molecule has 4 aromatic rings. The van der Waals surface area contributed by atoms with Gasteiger partial charge >= 0.3 is 5.97 Å². The molecule has 0 radical (unpaired) electrons. The fourth-order valence-electron chi connectivity index (χ4n) is 3.66. The molecule has 0 aliphatic rings. The van der Waals surface area contributed by atoms with E-state index in [1.165, 1.54) is 11.1 Å². The summed E-state index contributed by atoms with van der Waals surface area (Å²) in [4.78, 5) is 11.7. The molecule has 5 nitrogen and oxygen atoms in total. The van der Waals surface area contributed by atoms with E-state index in [2.05, 4.69) is 29.4 Å². The van der Waals surface area contributed by atoms with Gasteiger partial charge in [-0.25, -0.2) is 4.79 Å². The van der Waals surface area contributed by atoms with Crippen molar-refractivity contribution < 1.29 is 14.6 Å². The topological polar surface area (TPSA) is 64.3 Å². The van der Waals surface area contributed by atoms with Crippen LogP contribution in [0.1, 0.15) is 29.0 Å². The van der Waals surface area contributed by atoms with Gasteiger partial charge in [0.05, 0.1) is 6.20 Å². The maximum atomic E-state index is 11.7. The smallest absolute Gasteiger partial charge is 0.344 e. The second-order valence-corrected chi connectivity index (χ2v) is 7.34. The zero-order valence-electron chi connectivity index (χ0n) is 17.0. The van der Waals surface area contributed by atoms with Crippen molar-refractivity contribution in [3.05, 3.63) is 120 Å². The van der Waals surface area contributed by atoms with Gasteiger partial charge in [0.25, 0.3) is 0 Å². The molecule has 1 aromatic heterocycles. The minimum Gasteiger partial charge on any atom is -0.479 e. The highest BCUT2D eigenvalue weighted by Crippen LogP contribution is 2.31. The molecule has 3 aromatic carbocycles. The Hall–Kier alpha value is -3.86. The summed E-state index contributed by atoms with van der Waals surface area (Å²) in [6.07, 6.45) is 3.23. The molecule has 0 saturated carbocycles. The van der Waals surface area contributed by atoms with Crippen LogP contribution in [0.25, 0.3) is 0 Å². The summed E-state index contributed by atoms with van der Waals surface area (Å²) < 4.78 is 7.44. The fourth-order valence-corrected chi connectivity index (χ4v) is 3.66. The predicted molar refractivity (Wildman–Crippen MR) is 119 cm³/mol. The lowest BCUT2D eigenvalue weighted by atomic mass is 9.87. The summed E-state index contributed by atoms with van der Waals surface area (Å²) >= 11 is 0. The molecule has 0 aliphatic heterocycles. The molecule has 0 aliphatic carbocycles. The van der Waals surface area contributed by atoms with Crippen molar-refractivity contribution in [3.63, 3.8) is 0 Å². The first-order chi connectivity index (χ1) is 15.2. The molecular weight excluding hydrogens is 388 g/mol. The Kier molecular flexibility index (Phi) is 6.43. The van der Waals surface area contributed by atoms with E-state index >= 15 is 0 Å². The third kappa shape index (κ3) is 5.20. The zero-order chi connectivity index (χ0) is 21.5. The highest BCUT2D eigenvalue weighted by molar-refractivity contribution is 5.72. The van der Waals surface area contributed by atoms with Crippen LogP contribution in [-0.2, 0) is 11.3 Å². The summed E-state index contributed by atoms with van der Waals surface area (Å²) in [6.45, 7) is 0.445. The normalized spacial score (nSPS) is 11.9. The molecule has 4 rings (SSSR count). The molecule has 0 fully saturated rings.